The van der Waals surface area contributed by atoms with Crippen LogP contribution in [0.4, 0.5) is 31.1 Å². The normalized spacial score (nSPS) is 26.0. The van der Waals surface area contributed by atoms with Gasteiger partial charge in [-0.1, -0.05) is 30.3 Å². The minimum absolute atomic E-state index is 0.0489. The molecule has 2 heterocycles. The van der Waals surface area contributed by atoms with Crippen LogP contribution in [-0.2, 0) is 32.2 Å². The Balaban J connectivity index is 1.65. The van der Waals surface area contributed by atoms with Crippen LogP contribution in [0.15, 0.2) is 48.5 Å². The van der Waals surface area contributed by atoms with E-state index in [1.54, 1.807) is 18.2 Å². The highest BCUT2D eigenvalue weighted by molar-refractivity contribution is 5.80. The van der Waals surface area contributed by atoms with Gasteiger partial charge in [0.05, 0.1) is 41.5 Å². The number of halogens is 6. The van der Waals surface area contributed by atoms with E-state index in [0.29, 0.717) is 25.0 Å². The Hall–Kier alpha value is -3.32. The molecule has 2 aromatic rings. The number of nitrogens with zero attached hydrogens (tertiary/aromatic N) is 1. The molecule has 13 heteroatoms. The third-order valence-electron chi connectivity index (χ3n) is 7.31. The number of carbonyl (C=O) groups is 2. The van der Waals surface area contributed by atoms with Crippen molar-refractivity contribution in [2.75, 3.05) is 26.3 Å². The molecule has 4 atom stereocenters. The van der Waals surface area contributed by atoms with E-state index in [1.165, 1.54) is 6.92 Å². The molecule has 0 aliphatic carbocycles. The summed E-state index contributed by atoms with van der Waals surface area (Å²) in [4.78, 5) is 25.8. The molecular weight excluding hydrogens is 532 g/mol. The standard InChI is InChI=1S/C26H27F6N3O4/c1-16(17-9-19(25(27,28)29)11-20(10-17)26(30,31)32)38-15-24(18-5-3-2-4-6-18)8-7-23(14-39-22(33)37)13-35(24)12-21(36)34-23/h2-6,9-11,16H,7-8,12-15H2,1H3,(H2,33,37)(H,34,36)/t16-,23-,24-/m1/s1. The highest BCUT2D eigenvalue weighted by atomic mass is 19.4. The molecule has 0 aromatic heterocycles. The molecule has 39 heavy (non-hydrogen) atoms. The summed E-state index contributed by atoms with van der Waals surface area (Å²) in [6.45, 7) is 1.30. The number of fused-ring (bicyclic) bond motifs is 2. The molecule has 1 unspecified atom stereocenters. The topological polar surface area (TPSA) is 93.9 Å². The van der Waals surface area contributed by atoms with Gasteiger partial charge in [-0.3, -0.25) is 9.69 Å². The van der Waals surface area contributed by atoms with E-state index in [4.69, 9.17) is 15.2 Å². The smallest absolute Gasteiger partial charge is 0.416 e. The van der Waals surface area contributed by atoms with Crippen molar-refractivity contribution in [3.05, 3.63) is 70.8 Å². The lowest BCUT2D eigenvalue weighted by Gasteiger charge is -2.56. The van der Waals surface area contributed by atoms with Gasteiger partial charge in [-0.05, 0) is 49.1 Å². The third kappa shape index (κ3) is 6.14. The maximum Gasteiger partial charge on any atom is 0.416 e. The summed E-state index contributed by atoms with van der Waals surface area (Å²) in [5.74, 6) is -0.338. The first-order valence-corrected chi connectivity index (χ1v) is 12.1. The monoisotopic (exact) mass is 559 g/mol. The number of piperazine rings is 1. The van der Waals surface area contributed by atoms with E-state index in [9.17, 15) is 35.9 Å². The number of nitrogens with one attached hydrogen (secondary N) is 1. The molecule has 2 aromatic carbocycles. The summed E-state index contributed by atoms with van der Waals surface area (Å²) in [6, 6.07) is 10.4. The molecule has 2 fully saturated rings. The summed E-state index contributed by atoms with van der Waals surface area (Å²) < 4.78 is 91.4. The van der Waals surface area contributed by atoms with E-state index in [2.05, 4.69) is 5.32 Å². The first-order valence-electron chi connectivity index (χ1n) is 12.1. The molecule has 0 saturated carbocycles. The van der Waals surface area contributed by atoms with Crippen LogP contribution in [0.1, 0.15) is 48.1 Å². The second-order valence-corrected chi connectivity index (χ2v) is 9.98. The number of ether oxygens (including phenoxy) is 2. The number of hydrogen-bond donors (Lipinski definition) is 2. The van der Waals surface area contributed by atoms with Crippen molar-refractivity contribution in [1.29, 1.82) is 0 Å². The van der Waals surface area contributed by atoms with Crippen LogP contribution in [0.25, 0.3) is 0 Å². The van der Waals surface area contributed by atoms with Gasteiger partial charge in [-0.25, -0.2) is 4.79 Å². The summed E-state index contributed by atoms with van der Waals surface area (Å²) in [5.41, 5.74) is 0.908. The fourth-order valence-electron chi connectivity index (χ4n) is 5.28. The van der Waals surface area contributed by atoms with Gasteiger partial charge in [-0.15, -0.1) is 0 Å². The predicted octanol–water partition coefficient (Wildman–Crippen LogP) is 4.76. The average molecular weight is 560 g/mol. The molecule has 3 N–H and O–H groups in total. The van der Waals surface area contributed by atoms with Crippen LogP contribution >= 0.6 is 0 Å². The number of carbonyl (C=O) groups excluding carboxylic acids is 2. The molecule has 2 amide bonds. The lowest BCUT2D eigenvalue weighted by atomic mass is 9.73. The number of primary amides is 1. The van der Waals surface area contributed by atoms with Crippen molar-refractivity contribution in [3.63, 3.8) is 0 Å². The van der Waals surface area contributed by atoms with E-state index in [0.717, 1.165) is 5.56 Å². The van der Waals surface area contributed by atoms with Crippen LogP contribution in [0.3, 0.4) is 0 Å². The van der Waals surface area contributed by atoms with Crippen LogP contribution in [-0.4, -0.2) is 48.7 Å². The van der Waals surface area contributed by atoms with Crippen molar-refractivity contribution in [3.8, 4) is 0 Å². The van der Waals surface area contributed by atoms with Crippen molar-refractivity contribution in [1.82, 2.24) is 10.2 Å². The van der Waals surface area contributed by atoms with Gasteiger partial charge < -0.3 is 20.5 Å². The summed E-state index contributed by atoms with van der Waals surface area (Å²) >= 11 is 0. The molecule has 2 bridgehead atoms. The Bertz CT molecular complexity index is 1190. The summed E-state index contributed by atoms with van der Waals surface area (Å²) in [7, 11) is 0. The SMILES string of the molecule is C[C@@H](OC[C@@]1(c2ccccc2)CC[C@]2(COC(N)=O)CN1CC(=O)N2)c1cc(C(F)(F)F)cc(C(F)(F)F)c1. The molecule has 212 valence electrons. The number of rotatable bonds is 7. The fraction of sp³-hybridized carbons (Fsp3) is 0.462. The van der Waals surface area contributed by atoms with Crippen molar-refractivity contribution < 1.29 is 45.4 Å². The Morgan fingerprint density at radius 1 is 1.03 bits per heavy atom. The molecule has 2 aliphatic heterocycles. The first-order chi connectivity index (χ1) is 18.1. The van der Waals surface area contributed by atoms with Gasteiger partial charge >= 0.3 is 18.4 Å². The lowest BCUT2D eigenvalue weighted by Crippen LogP contribution is -2.73. The maximum absolute atomic E-state index is 13.4. The number of nitrogens with two attached hydrogens (primary N) is 1. The largest absolute Gasteiger partial charge is 0.447 e. The van der Waals surface area contributed by atoms with E-state index < -0.39 is 46.8 Å². The number of piperidine rings is 1. The zero-order valence-corrected chi connectivity index (χ0v) is 20.9. The van der Waals surface area contributed by atoms with E-state index >= 15 is 0 Å². The minimum atomic E-state index is -4.98. The lowest BCUT2D eigenvalue weighted by molar-refractivity contribution is -0.146. The molecule has 7 nitrogen and oxygen atoms in total. The second kappa shape index (κ2) is 10.3. The summed E-state index contributed by atoms with van der Waals surface area (Å²) in [6.07, 6.45) is -11.4. The summed E-state index contributed by atoms with van der Waals surface area (Å²) in [5, 5.41) is 2.87. The minimum Gasteiger partial charge on any atom is -0.447 e. The molecule has 2 saturated heterocycles. The quantitative estimate of drug-likeness (QED) is 0.478. The average Bonchev–Trinajstić information content (AvgIpc) is 2.86. The third-order valence-corrected chi connectivity index (χ3v) is 7.31. The van der Waals surface area contributed by atoms with Crippen LogP contribution in [0, 0.1) is 0 Å². The molecule has 0 spiro atoms. The van der Waals surface area contributed by atoms with Crippen molar-refractivity contribution in [2.24, 2.45) is 5.73 Å². The highest BCUT2D eigenvalue weighted by Crippen LogP contribution is 2.44. The van der Waals surface area contributed by atoms with Crippen LogP contribution in [0.5, 0.6) is 0 Å². The maximum atomic E-state index is 13.4. The van der Waals surface area contributed by atoms with E-state index in [1.807, 2.05) is 17.0 Å². The molecule has 0 radical (unpaired) electrons. The van der Waals surface area contributed by atoms with Gasteiger partial charge in [0.15, 0.2) is 0 Å². The Kier molecular flexibility index (Phi) is 7.60. The van der Waals surface area contributed by atoms with Gasteiger partial charge in [-0.2, -0.15) is 26.3 Å². The predicted molar refractivity (Wildman–Crippen MR) is 126 cm³/mol. The van der Waals surface area contributed by atoms with E-state index in [-0.39, 0.29) is 43.8 Å². The van der Waals surface area contributed by atoms with Gasteiger partial charge in [0.25, 0.3) is 0 Å². The molecule has 4 rings (SSSR count). The number of benzene rings is 2. The number of hydrogen-bond acceptors (Lipinski definition) is 5. The van der Waals surface area contributed by atoms with Gasteiger partial charge in [0, 0.05) is 6.54 Å². The zero-order valence-electron chi connectivity index (χ0n) is 20.9. The second-order valence-electron chi connectivity index (χ2n) is 9.98. The van der Waals surface area contributed by atoms with Crippen LogP contribution in [0.2, 0.25) is 0 Å². The number of alkyl halides is 6. The Morgan fingerprint density at radius 2 is 1.64 bits per heavy atom. The molecular formula is C26H27F6N3O4. The fourth-order valence-corrected chi connectivity index (χ4v) is 5.28. The highest BCUT2D eigenvalue weighted by Gasteiger charge is 2.53. The van der Waals surface area contributed by atoms with Crippen molar-refractivity contribution >= 4 is 12.0 Å². The van der Waals surface area contributed by atoms with Crippen LogP contribution < -0.4 is 11.1 Å². The Labute approximate surface area is 220 Å². The molecule has 2 aliphatic rings. The van der Waals surface area contributed by atoms with Crippen molar-refractivity contribution in [2.45, 2.75) is 49.3 Å². The van der Waals surface area contributed by atoms with Gasteiger partial charge in [0.2, 0.25) is 5.91 Å². The Morgan fingerprint density at radius 3 is 2.21 bits per heavy atom. The van der Waals surface area contributed by atoms with Gasteiger partial charge in [0.1, 0.15) is 6.61 Å². The first kappa shape index (κ1) is 28.7. The zero-order chi connectivity index (χ0) is 28.6. The number of amides is 2.